The zero-order valence-electron chi connectivity index (χ0n) is 12.1. The highest BCUT2D eigenvalue weighted by molar-refractivity contribution is 7.99. The lowest BCUT2D eigenvalue weighted by Gasteiger charge is -2.18. The first-order valence-electron chi connectivity index (χ1n) is 5.84. The van der Waals surface area contributed by atoms with E-state index >= 15 is 0 Å². The number of carbonyl (C=O) groups is 2. The molecule has 20 heavy (non-hydrogen) atoms. The third kappa shape index (κ3) is 6.20. The lowest BCUT2D eigenvalue weighted by molar-refractivity contribution is -0.125. The number of rotatable bonds is 4. The fourth-order valence-corrected chi connectivity index (χ4v) is 2.47. The van der Waals surface area contributed by atoms with Crippen molar-refractivity contribution in [2.75, 3.05) is 25.2 Å². The minimum atomic E-state index is -0.574. The predicted octanol–water partition coefficient (Wildman–Crippen LogP) is 2.07. The van der Waals surface area contributed by atoms with Gasteiger partial charge in [-0.1, -0.05) is 11.8 Å². The average Bonchev–Trinajstić information content (AvgIpc) is 2.70. The van der Waals surface area contributed by atoms with Gasteiger partial charge >= 0.3 is 6.09 Å². The molecule has 0 aromatic carbocycles. The Balaban J connectivity index is 2.47. The molecule has 0 atom stereocenters. The number of amides is 2. The van der Waals surface area contributed by atoms with Gasteiger partial charge in [-0.2, -0.15) is 9.36 Å². The van der Waals surface area contributed by atoms with Crippen molar-refractivity contribution >= 4 is 40.4 Å². The molecule has 0 fully saturated rings. The van der Waals surface area contributed by atoms with E-state index < -0.39 is 11.7 Å². The molecule has 112 valence electrons. The first-order chi connectivity index (χ1) is 9.17. The van der Waals surface area contributed by atoms with Gasteiger partial charge in [-0.15, -0.1) is 0 Å². The van der Waals surface area contributed by atoms with E-state index in [2.05, 4.69) is 14.7 Å². The summed E-state index contributed by atoms with van der Waals surface area (Å²) in [7, 11) is 3.37. The minimum absolute atomic E-state index is 0.0218. The molecule has 1 rings (SSSR count). The fraction of sp³-hybridized carbons (Fsp3) is 0.636. The molecule has 1 heterocycles. The molecule has 0 saturated heterocycles. The van der Waals surface area contributed by atoms with Gasteiger partial charge in [-0.25, -0.2) is 4.79 Å². The number of carbonyl (C=O) groups excluding carboxylic acids is 2. The smallest absolute Gasteiger partial charge is 0.414 e. The van der Waals surface area contributed by atoms with Crippen molar-refractivity contribution in [3.63, 3.8) is 0 Å². The Kier molecular flexibility index (Phi) is 5.75. The van der Waals surface area contributed by atoms with Gasteiger partial charge in [-0.3, -0.25) is 10.1 Å². The van der Waals surface area contributed by atoms with Crippen molar-refractivity contribution in [1.82, 2.24) is 14.3 Å². The molecule has 0 aliphatic carbocycles. The Bertz CT molecular complexity index is 482. The van der Waals surface area contributed by atoms with Crippen LogP contribution in [0.4, 0.5) is 9.93 Å². The van der Waals surface area contributed by atoms with E-state index in [1.807, 2.05) is 0 Å². The summed E-state index contributed by atoms with van der Waals surface area (Å²) in [5, 5.41) is 3.31. The van der Waals surface area contributed by atoms with Gasteiger partial charge in [-0.05, 0) is 20.8 Å². The number of hydrogen-bond donors (Lipinski definition) is 1. The van der Waals surface area contributed by atoms with Crippen LogP contribution in [0.3, 0.4) is 0 Å². The van der Waals surface area contributed by atoms with Crippen molar-refractivity contribution in [2.45, 2.75) is 31.5 Å². The first-order valence-corrected chi connectivity index (χ1v) is 7.60. The van der Waals surface area contributed by atoms with Gasteiger partial charge < -0.3 is 9.64 Å². The number of ether oxygens (including phenoxy) is 1. The molecule has 2 amide bonds. The summed E-state index contributed by atoms with van der Waals surface area (Å²) in [5.74, 6) is 0.238. The highest BCUT2D eigenvalue weighted by Crippen LogP contribution is 2.20. The van der Waals surface area contributed by atoms with E-state index in [1.54, 1.807) is 34.9 Å². The first kappa shape index (κ1) is 16.7. The Labute approximate surface area is 126 Å². The standard InChI is InChI=1S/C11H18N4O3S2/c1-11(2,3)18-10(17)13-8-12-9(14-20-8)19-6-7(16)15(4)5/h6H2,1-5H3,(H,12,13,14,17). The molecule has 1 aromatic rings. The molecule has 1 N–H and O–H groups in total. The molecule has 9 heteroatoms. The topological polar surface area (TPSA) is 84.4 Å². The van der Waals surface area contributed by atoms with Crippen LogP contribution in [0.25, 0.3) is 0 Å². The largest absolute Gasteiger partial charge is 0.444 e. The maximum absolute atomic E-state index is 11.5. The van der Waals surface area contributed by atoms with Crippen molar-refractivity contribution in [2.24, 2.45) is 0 Å². The van der Waals surface area contributed by atoms with Crippen LogP contribution in [-0.4, -0.2) is 51.7 Å². The van der Waals surface area contributed by atoms with Gasteiger partial charge in [0.1, 0.15) is 5.60 Å². The summed E-state index contributed by atoms with van der Waals surface area (Å²) in [5.41, 5.74) is -0.565. The van der Waals surface area contributed by atoms with E-state index in [4.69, 9.17) is 4.74 Å². The van der Waals surface area contributed by atoms with Gasteiger partial charge in [0, 0.05) is 25.6 Å². The summed E-state index contributed by atoms with van der Waals surface area (Å²) in [6.07, 6.45) is -0.574. The van der Waals surface area contributed by atoms with E-state index in [1.165, 1.54) is 16.7 Å². The van der Waals surface area contributed by atoms with Crippen LogP contribution in [-0.2, 0) is 9.53 Å². The van der Waals surface area contributed by atoms with Gasteiger partial charge in [0.25, 0.3) is 0 Å². The Hall–Kier alpha value is -1.35. The number of aromatic nitrogens is 2. The van der Waals surface area contributed by atoms with E-state index in [-0.39, 0.29) is 11.7 Å². The second-order valence-electron chi connectivity index (χ2n) is 5.09. The van der Waals surface area contributed by atoms with Gasteiger partial charge in [0.2, 0.25) is 16.2 Å². The molecule has 0 unspecified atom stereocenters. The molecule has 0 bridgehead atoms. The van der Waals surface area contributed by atoms with Crippen molar-refractivity contribution in [3.05, 3.63) is 0 Å². The summed E-state index contributed by atoms with van der Waals surface area (Å²) in [6, 6.07) is 0. The number of anilines is 1. The number of nitrogens with zero attached hydrogens (tertiary/aromatic N) is 3. The highest BCUT2D eigenvalue weighted by atomic mass is 32.2. The Morgan fingerprint density at radius 3 is 2.60 bits per heavy atom. The minimum Gasteiger partial charge on any atom is -0.444 e. The number of hydrogen-bond acceptors (Lipinski definition) is 7. The van der Waals surface area contributed by atoms with Crippen LogP contribution in [0, 0.1) is 0 Å². The maximum Gasteiger partial charge on any atom is 0.414 e. The molecular weight excluding hydrogens is 300 g/mol. The second kappa shape index (κ2) is 6.89. The van der Waals surface area contributed by atoms with Crippen molar-refractivity contribution < 1.29 is 14.3 Å². The summed E-state index contributed by atoms with van der Waals surface area (Å²) >= 11 is 2.27. The molecular formula is C11H18N4O3S2. The molecule has 0 saturated carbocycles. The molecule has 0 radical (unpaired) electrons. The van der Waals surface area contributed by atoms with Crippen LogP contribution >= 0.6 is 23.3 Å². The predicted molar refractivity (Wildman–Crippen MR) is 79.2 cm³/mol. The van der Waals surface area contributed by atoms with Crippen molar-refractivity contribution in [1.29, 1.82) is 0 Å². The second-order valence-corrected chi connectivity index (χ2v) is 6.78. The van der Waals surface area contributed by atoms with Crippen LogP contribution in [0.15, 0.2) is 5.16 Å². The quantitative estimate of drug-likeness (QED) is 0.856. The van der Waals surface area contributed by atoms with Crippen LogP contribution in [0.5, 0.6) is 0 Å². The molecule has 0 spiro atoms. The van der Waals surface area contributed by atoms with E-state index in [0.717, 1.165) is 11.5 Å². The molecule has 7 nitrogen and oxygen atoms in total. The van der Waals surface area contributed by atoms with E-state index in [0.29, 0.717) is 10.3 Å². The van der Waals surface area contributed by atoms with Crippen molar-refractivity contribution in [3.8, 4) is 0 Å². The monoisotopic (exact) mass is 318 g/mol. The average molecular weight is 318 g/mol. The van der Waals surface area contributed by atoms with Crippen LogP contribution in [0.2, 0.25) is 0 Å². The number of nitrogens with one attached hydrogen (secondary N) is 1. The normalized spacial score (nSPS) is 11.1. The third-order valence-corrected chi connectivity index (χ3v) is 3.42. The number of thioether (sulfide) groups is 1. The molecule has 0 aliphatic rings. The Morgan fingerprint density at radius 1 is 1.40 bits per heavy atom. The van der Waals surface area contributed by atoms with Crippen LogP contribution < -0.4 is 5.32 Å². The van der Waals surface area contributed by atoms with Gasteiger partial charge in [0.05, 0.1) is 5.75 Å². The summed E-state index contributed by atoms with van der Waals surface area (Å²) in [6.45, 7) is 5.34. The maximum atomic E-state index is 11.5. The fourth-order valence-electron chi connectivity index (χ4n) is 0.966. The lowest BCUT2D eigenvalue weighted by atomic mass is 10.2. The zero-order valence-corrected chi connectivity index (χ0v) is 13.7. The van der Waals surface area contributed by atoms with E-state index in [9.17, 15) is 9.59 Å². The van der Waals surface area contributed by atoms with Crippen LogP contribution in [0.1, 0.15) is 20.8 Å². The molecule has 1 aromatic heterocycles. The zero-order chi connectivity index (χ0) is 15.3. The summed E-state index contributed by atoms with van der Waals surface area (Å²) < 4.78 is 9.15. The van der Waals surface area contributed by atoms with Gasteiger partial charge in [0.15, 0.2) is 0 Å². The molecule has 0 aliphatic heterocycles. The lowest BCUT2D eigenvalue weighted by Crippen LogP contribution is -2.27. The highest BCUT2D eigenvalue weighted by Gasteiger charge is 2.18. The SMILES string of the molecule is CN(C)C(=O)CSc1nsc(NC(=O)OC(C)(C)C)n1. The third-order valence-electron chi connectivity index (χ3n) is 1.84. The Morgan fingerprint density at radius 2 is 2.05 bits per heavy atom. The summed E-state index contributed by atoms with van der Waals surface area (Å²) in [4.78, 5) is 28.5.